The van der Waals surface area contributed by atoms with Crippen LogP contribution in [0.1, 0.15) is 16.2 Å². The van der Waals surface area contributed by atoms with Gasteiger partial charge in [-0.15, -0.1) is 0 Å². The lowest BCUT2D eigenvalue weighted by molar-refractivity contribution is 0.0936. The van der Waals surface area contributed by atoms with Gasteiger partial charge < -0.3 is 10.2 Å². The van der Waals surface area contributed by atoms with Crippen LogP contribution in [-0.2, 0) is 6.54 Å². The molecule has 0 fully saturated rings. The van der Waals surface area contributed by atoms with Gasteiger partial charge >= 0.3 is 0 Å². The fourth-order valence-electron chi connectivity index (χ4n) is 2.90. The van der Waals surface area contributed by atoms with Crippen molar-refractivity contribution >= 4 is 17.2 Å². The predicted octanol–water partition coefficient (Wildman–Crippen LogP) is 2.31. The van der Waals surface area contributed by atoms with Crippen LogP contribution in [0, 0.1) is 0 Å². The van der Waals surface area contributed by atoms with Crippen LogP contribution in [0.4, 0.5) is 5.69 Å². The number of pyridine rings is 1. The van der Waals surface area contributed by atoms with E-state index in [-0.39, 0.29) is 5.91 Å². The van der Waals surface area contributed by atoms with E-state index in [1.807, 2.05) is 36.7 Å². The Hall–Kier alpha value is -2.82. The zero-order chi connectivity index (χ0) is 15.3. The molecule has 0 radical (unpaired) electrons. The average Bonchev–Trinajstić information content (AvgIpc) is 2.91. The maximum Gasteiger partial charge on any atom is 0.268 e. The molecule has 1 amide bonds. The number of carbonyl (C=O) groups excluding carboxylic acids is 1. The molecule has 0 spiro atoms. The number of anilines is 1. The molecule has 5 heteroatoms. The summed E-state index contributed by atoms with van der Waals surface area (Å²) in [7, 11) is 4.04. The number of nitrogens with one attached hydrogen (secondary N) is 1. The Morgan fingerprint density at radius 2 is 1.91 bits per heavy atom. The third-order valence-corrected chi connectivity index (χ3v) is 4.05. The Morgan fingerprint density at radius 3 is 2.64 bits per heavy atom. The van der Waals surface area contributed by atoms with Gasteiger partial charge in [0.25, 0.3) is 5.91 Å². The zero-order valence-corrected chi connectivity index (χ0v) is 12.5. The van der Waals surface area contributed by atoms with E-state index >= 15 is 0 Å². The van der Waals surface area contributed by atoms with Gasteiger partial charge in [0.15, 0.2) is 0 Å². The molecular weight excluding hydrogens is 276 g/mol. The van der Waals surface area contributed by atoms with E-state index in [1.54, 1.807) is 0 Å². The quantitative estimate of drug-likeness (QED) is 0.788. The fraction of sp³-hybridized carbons (Fsp3) is 0.176. The summed E-state index contributed by atoms with van der Waals surface area (Å²) in [5.74, 6) is -0.0509. The van der Waals surface area contributed by atoms with E-state index in [4.69, 9.17) is 4.98 Å². The van der Waals surface area contributed by atoms with Gasteiger partial charge in [-0.05, 0) is 24.3 Å². The van der Waals surface area contributed by atoms with E-state index in [0.717, 1.165) is 28.3 Å². The van der Waals surface area contributed by atoms with Crippen molar-refractivity contribution in [3.05, 3.63) is 53.9 Å². The van der Waals surface area contributed by atoms with Crippen molar-refractivity contribution in [2.45, 2.75) is 6.54 Å². The van der Waals surface area contributed by atoms with Crippen molar-refractivity contribution in [1.29, 1.82) is 0 Å². The number of amides is 1. The molecular formula is C17H16N4O. The van der Waals surface area contributed by atoms with Crippen LogP contribution in [0.25, 0.3) is 16.9 Å². The third kappa shape index (κ3) is 1.79. The maximum absolute atomic E-state index is 12.0. The average molecular weight is 292 g/mol. The molecule has 1 aliphatic rings. The van der Waals surface area contributed by atoms with Crippen molar-refractivity contribution < 1.29 is 4.79 Å². The number of aromatic nitrogens is 2. The Labute approximate surface area is 128 Å². The normalized spacial score (nSPS) is 13.3. The van der Waals surface area contributed by atoms with Crippen LogP contribution >= 0.6 is 0 Å². The first-order chi connectivity index (χ1) is 10.6. The topological polar surface area (TPSA) is 49.6 Å². The summed E-state index contributed by atoms with van der Waals surface area (Å²) in [6.45, 7) is 0.502. The molecule has 1 aromatic carbocycles. The minimum atomic E-state index is -0.0509. The molecule has 0 saturated carbocycles. The number of imidazole rings is 1. The van der Waals surface area contributed by atoms with E-state index in [1.165, 1.54) is 0 Å². The van der Waals surface area contributed by atoms with Gasteiger partial charge in [0.05, 0.1) is 17.9 Å². The second kappa shape index (κ2) is 4.59. The van der Waals surface area contributed by atoms with Gasteiger partial charge in [-0.25, -0.2) is 4.98 Å². The lowest BCUT2D eigenvalue weighted by Crippen LogP contribution is -2.30. The Kier molecular flexibility index (Phi) is 2.69. The summed E-state index contributed by atoms with van der Waals surface area (Å²) in [4.78, 5) is 18.8. The molecule has 22 heavy (non-hydrogen) atoms. The number of carbonyl (C=O) groups is 1. The SMILES string of the molecule is CN(C)c1ccc(-c2nc3cccc4n3c2CNC4=O)cc1. The third-order valence-electron chi connectivity index (χ3n) is 4.05. The number of rotatable bonds is 2. The highest BCUT2D eigenvalue weighted by atomic mass is 16.2. The predicted molar refractivity (Wildman–Crippen MR) is 86.1 cm³/mol. The van der Waals surface area contributed by atoms with Crippen molar-refractivity contribution in [3.63, 3.8) is 0 Å². The first-order valence-electron chi connectivity index (χ1n) is 7.21. The molecule has 0 atom stereocenters. The largest absolute Gasteiger partial charge is 0.378 e. The zero-order valence-electron chi connectivity index (χ0n) is 12.5. The van der Waals surface area contributed by atoms with Gasteiger partial charge in [-0.1, -0.05) is 18.2 Å². The summed E-state index contributed by atoms with van der Waals surface area (Å²) < 4.78 is 1.95. The molecule has 5 nitrogen and oxygen atoms in total. The standard InChI is InChI=1S/C17H16N4O/c1-20(2)12-8-6-11(7-9-12)16-14-10-18-17(22)13-4-3-5-15(19-16)21(13)14/h3-9H,10H2,1-2H3,(H,18,22). The molecule has 0 unspecified atom stereocenters. The Balaban J connectivity index is 1.91. The number of hydrogen-bond acceptors (Lipinski definition) is 3. The number of hydrogen-bond donors (Lipinski definition) is 1. The summed E-state index contributed by atoms with van der Waals surface area (Å²) >= 11 is 0. The molecule has 2 aromatic heterocycles. The van der Waals surface area contributed by atoms with Crippen LogP contribution in [-0.4, -0.2) is 29.4 Å². The lowest BCUT2D eigenvalue weighted by Gasteiger charge is -2.16. The highest BCUT2D eigenvalue weighted by Crippen LogP contribution is 2.28. The summed E-state index contributed by atoms with van der Waals surface area (Å²) in [6.07, 6.45) is 0. The van der Waals surface area contributed by atoms with Gasteiger partial charge in [-0.2, -0.15) is 0 Å². The molecule has 3 aromatic rings. The maximum atomic E-state index is 12.0. The molecule has 0 bridgehead atoms. The van der Waals surface area contributed by atoms with E-state index in [0.29, 0.717) is 12.2 Å². The van der Waals surface area contributed by atoms with Crippen molar-refractivity contribution in [2.75, 3.05) is 19.0 Å². The Bertz CT molecular complexity index is 878. The van der Waals surface area contributed by atoms with Crippen LogP contribution in [0.2, 0.25) is 0 Å². The highest BCUT2D eigenvalue weighted by Gasteiger charge is 2.23. The highest BCUT2D eigenvalue weighted by molar-refractivity contribution is 5.95. The second-order valence-corrected chi connectivity index (χ2v) is 5.64. The van der Waals surface area contributed by atoms with Gasteiger partial charge in [0, 0.05) is 25.3 Å². The smallest absolute Gasteiger partial charge is 0.268 e. The monoisotopic (exact) mass is 292 g/mol. The number of benzene rings is 1. The molecule has 1 aliphatic heterocycles. The number of nitrogens with zero attached hydrogens (tertiary/aromatic N) is 3. The fourth-order valence-corrected chi connectivity index (χ4v) is 2.90. The molecule has 4 rings (SSSR count). The van der Waals surface area contributed by atoms with E-state index in [9.17, 15) is 4.79 Å². The van der Waals surface area contributed by atoms with Gasteiger partial charge in [-0.3, -0.25) is 9.20 Å². The van der Waals surface area contributed by atoms with E-state index in [2.05, 4.69) is 34.5 Å². The first-order valence-corrected chi connectivity index (χ1v) is 7.21. The molecule has 1 N–H and O–H groups in total. The minimum absolute atomic E-state index is 0.0509. The molecule has 3 heterocycles. The Morgan fingerprint density at radius 1 is 1.14 bits per heavy atom. The van der Waals surface area contributed by atoms with Gasteiger partial charge in [0.1, 0.15) is 11.3 Å². The minimum Gasteiger partial charge on any atom is -0.378 e. The van der Waals surface area contributed by atoms with Crippen LogP contribution in [0.15, 0.2) is 42.5 Å². The summed E-state index contributed by atoms with van der Waals surface area (Å²) in [5.41, 5.74) is 5.62. The second-order valence-electron chi connectivity index (χ2n) is 5.64. The first kappa shape index (κ1) is 12.9. The van der Waals surface area contributed by atoms with Crippen LogP contribution in [0.5, 0.6) is 0 Å². The van der Waals surface area contributed by atoms with Crippen LogP contribution < -0.4 is 10.2 Å². The van der Waals surface area contributed by atoms with Gasteiger partial charge in [0.2, 0.25) is 0 Å². The molecule has 110 valence electrons. The summed E-state index contributed by atoms with van der Waals surface area (Å²) in [5, 5.41) is 2.92. The molecule has 0 saturated heterocycles. The van der Waals surface area contributed by atoms with Crippen molar-refractivity contribution in [2.24, 2.45) is 0 Å². The van der Waals surface area contributed by atoms with E-state index < -0.39 is 0 Å². The van der Waals surface area contributed by atoms with Crippen molar-refractivity contribution in [1.82, 2.24) is 14.7 Å². The van der Waals surface area contributed by atoms with Crippen molar-refractivity contribution in [3.8, 4) is 11.3 Å². The van der Waals surface area contributed by atoms with Crippen LogP contribution in [0.3, 0.4) is 0 Å². The molecule has 0 aliphatic carbocycles. The summed E-state index contributed by atoms with van der Waals surface area (Å²) in [6, 6.07) is 13.9. The lowest BCUT2D eigenvalue weighted by atomic mass is 10.1.